The fraction of sp³-hybridized carbons (Fsp3) is 0.440. The third-order valence-electron chi connectivity index (χ3n) is 6.29. The molecule has 2 aromatic carbocycles. The van der Waals surface area contributed by atoms with Gasteiger partial charge in [-0.25, -0.2) is 4.79 Å². The summed E-state index contributed by atoms with van der Waals surface area (Å²) in [6, 6.07) is 13.8. The minimum absolute atomic E-state index is 0.0148. The second-order valence-electron chi connectivity index (χ2n) is 8.26. The van der Waals surface area contributed by atoms with Gasteiger partial charge in [0.25, 0.3) is 5.91 Å². The number of hydrogen-bond acceptors (Lipinski definition) is 3. The minimum Gasteiger partial charge on any atom is -0.478 e. The number of halogens is 1. The molecule has 1 amide bonds. The predicted molar refractivity (Wildman–Crippen MR) is 122 cm³/mol. The molecule has 0 aromatic heterocycles. The maximum atomic E-state index is 12.4. The quantitative estimate of drug-likeness (QED) is 0.522. The van der Waals surface area contributed by atoms with E-state index in [0.717, 1.165) is 37.7 Å². The SMILES string of the molecule is CCC(Oc1ccc(C(C)NC(=O)c2ccc(Cl)cc2)cc1)(C(=O)O)C1CCCCC1. The summed E-state index contributed by atoms with van der Waals surface area (Å²) in [5, 5.41) is 13.6. The average molecular weight is 444 g/mol. The van der Waals surface area contributed by atoms with Gasteiger partial charge in [-0.15, -0.1) is 0 Å². The number of aliphatic carboxylic acids is 1. The Kier molecular flexibility index (Phi) is 7.60. The molecule has 31 heavy (non-hydrogen) atoms. The highest BCUT2D eigenvalue weighted by Gasteiger charge is 2.47. The molecule has 166 valence electrons. The Morgan fingerprint density at radius 1 is 1.10 bits per heavy atom. The summed E-state index contributed by atoms with van der Waals surface area (Å²) >= 11 is 5.88. The van der Waals surface area contributed by atoms with Crippen molar-refractivity contribution in [2.75, 3.05) is 0 Å². The lowest BCUT2D eigenvalue weighted by molar-refractivity contribution is -0.162. The van der Waals surface area contributed by atoms with Gasteiger partial charge in [-0.05, 0) is 68.1 Å². The molecule has 0 spiro atoms. The van der Waals surface area contributed by atoms with Crippen LogP contribution in [0.4, 0.5) is 0 Å². The summed E-state index contributed by atoms with van der Waals surface area (Å²) in [4.78, 5) is 24.7. The minimum atomic E-state index is -1.20. The molecule has 0 radical (unpaired) electrons. The number of nitrogens with one attached hydrogen (secondary N) is 1. The van der Waals surface area contributed by atoms with Crippen LogP contribution in [0.5, 0.6) is 5.75 Å². The molecule has 2 aromatic rings. The van der Waals surface area contributed by atoms with Crippen LogP contribution in [-0.2, 0) is 4.79 Å². The van der Waals surface area contributed by atoms with Crippen molar-refractivity contribution in [2.45, 2.75) is 64.0 Å². The average Bonchev–Trinajstić information content (AvgIpc) is 2.78. The van der Waals surface area contributed by atoms with Crippen molar-refractivity contribution in [1.29, 1.82) is 0 Å². The number of rotatable bonds is 8. The molecule has 1 saturated carbocycles. The monoisotopic (exact) mass is 443 g/mol. The van der Waals surface area contributed by atoms with E-state index >= 15 is 0 Å². The van der Waals surface area contributed by atoms with E-state index in [9.17, 15) is 14.7 Å². The maximum absolute atomic E-state index is 12.4. The van der Waals surface area contributed by atoms with E-state index in [1.807, 2.05) is 26.0 Å². The lowest BCUT2D eigenvalue weighted by Crippen LogP contribution is -2.51. The van der Waals surface area contributed by atoms with Crippen molar-refractivity contribution < 1.29 is 19.4 Å². The molecule has 6 heteroatoms. The Balaban J connectivity index is 1.70. The summed E-state index contributed by atoms with van der Waals surface area (Å²) in [5.41, 5.74) is 0.249. The zero-order valence-electron chi connectivity index (χ0n) is 18.1. The van der Waals surface area contributed by atoms with Gasteiger partial charge in [-0.3, -0.25) is 4.79 Å². The normalized spacial score (nSPS) is 17.4. The zero-order chi connectivity index (χ0) is 22.4. The standard InChI is InChI=1S/C25H30ClNO4/c1-3-25(24(29)30,20-7-5-4-6-8-20)31-22-15-11-18(12-16-22)17(2)27-23(28)19-9-13-21(26)14-10-19/h9-17,20H,3-8H2,1-2H3,(H,27,28)(H,29,30). The van der Waals surface area contributed by atoms with Gasteiger partial charge in [-0.1, -0.05) is 49.9 Å². The Morgan fingerprint density at radius 2 is 1.71 bits per heavy atom. The molecule has 0 heterocycles. The fourth-order valence-corrected chi connectivity index (χ4v) is 4.51. The Labute approximate surface area is 188 Å². The summed E-state index contributed by atoms with van der Waals surface area (Å²) in [6.45, 7) is 3.78. The van der Waals surface area contributed by atoms with Crippen molar-refractivity contribution in [1.82, 2.24) is 5.32 Å². The summed E-state index contributed by atoms with van der Waals surface area (Å²) in [5.74, 6) is -0.525. The lowest BCUT2D eigenvalue weighted by atomic mass is 9.75. The highest BCUT2D eigenvalue weighted by atomic mass is 35.5. The molecule has 0 aliphatic heterocycles. The first kappa shape index (κ1) is 23.1. The van der Waals surface area contributed by atoms with E-state index in [1.165, 1.54) is 0 Å². The predicted octanol–water partition coefficient (Wildman–Crippen LogP) is 6.02. The van der Waals surface area contributed by atoms with Gasteiger partial charge in [0.1, 0.15) is 5.75 Å². The third kappa shape index (κ3) is 5.40. The van der Waals surface area contributed by atoms with Crippen molar-refractivity contribution in [3.8, 4) is 5.75 Å². The Hall–Kier alpha value is -2.53. The molecule has 3 rings (SSSR count). The van der Waals surface area contributed by atoms with Gasteiger partial charge in [0.15, 0.2) is 0 Å². The maximum Gasteiger partial charge on any atom is 0.348 e. The number of hydrogen-bond donors (Lipinski definition) is 2. The highest BCUT2D eigenvalue weighted by molar-refractivity contribution is 6.30. The molecule has 2 atom stereocenters. The van der Waals surface area contributed by atoms with Crippen LogP contribution < -0.4 is 10.1 Å². The highest BCUT2D eigenvalue weighted by Crippen LogP contribution is 2.38. The first-order chi connectivity index (χ1) is 14.9. The van der Waals surface area contributed by atoms with Crippen molar-refractivity contribution in [3.05, 3.63) is 64.7 Å². The van der Waals surface area contributed by atoms with Crippen LogP contribution in [0.2, 0.25) is 5.02 Å². The molecular formula is C25H30ClNO4. The van der Waals surface area contributed by atoms with Crippen LogP contribution in [-0.4, -0.2) is 22.6 Å². The van der Waals surface area contributed by atoms with Crippen LogP contribution in [0.1, 0.15) is 74.3 Å². The van der Waals surface area contributed by atoms with Crippen LogP contribution in [0, 0.1) is 5.92 Å². The van der Waals surface area contributed by atoms with Gasteiger partial charge in [0.05, 0.1) is 6.04 Å². The number of carboxylic acids is 1. The topological polar surface area (TPSA) is 75.6 Å². The lowest BCUT2D eigenvalue weighted by Gasteiger charge is -2.38. The summed E-state index contributed by atoms with van der Waals surface area (Å²) < 4.78 is 6.15. The largest absolute Gasteiger partial charge is 0.478 e. The van der Waals surface area contributed by atoms with Crippen molar-refractivity contribution in [3.63, 3.8) is 0 Å². The number of amides is 1. The summed E-state index contributed by atoms with van der Waals surface area (Å²) in [6.07, 6.45) is 5.43. The van der Waals surface area contributed by atoms with E-state index in [0.29, 0.717) is 22.8 Å². The third-order valence-corrected chi connectivity index (χ3v) is 6.54. The number of carbonyl (C=O) groups is 2. The molecular weight excluding hydrogens is 414 g/mol. The molecule has 0 bridgehead atoms. The van der Waals surface area contributed by atoms with E-state index in [1.54, 1.807) is 36.4 Å². The molecule has 2 unspecified atom stereocenters. The molecule has 0 saturated heterocycles. The van der Waals surface area contributed by atoms with Crippen molar-refractivity contribution >= 4 is 23.5 Å². The van der Waals surface area contributed by atoms with Gasteiger partial charge < -0.3 is 15.2 Å². The van der Waals surface area contributed by atoms with Crippen LogP contribution >= 0.6 is 11.6 Å². The molecule has 1 aliphatic rings. The number of carboxylic acid groups (broad SMARTS) is 1. The Bertz CT molecular complexity index is 891. The molecule has 1 aliphatic carbocycles. The van der Waals surface area contributed by atoms with E-state index in [4.69, 9.17) is 16.3 Å². The first-order valence-electron chi connectivity index (χ1n) is 10.9. The van der Waals surface area contributed by atoms with E-state index < -0.39 is 11.6 Å². The smallest absolute Gasteiger partial charge is 0.348 e. The van der Waals surface area contributed by atoms with Gasteiger partial charge in [0.2, 0.25) is 5.60 Å². The van der Waals surface area contributed by atoms with Crippen LogP contribution in [0.15, 0.2) is 48.5 Å². The number of carbonyl (C=O) groups excluding carboxylic acids is 1. The Morgan fingerprint density at radius 3 is 2.26 bits per heavy atom. The van der Waals surface area contributed by atoms with Gasteiger partial charge in [-0.2, -0.15) is 0 Å². The molecule has 1 fully saturated rings. The van der Waals surface area contributed by atoms with Gasteiger partial charge in [0, 0.05) is 16.5 Å². The van der Waals surface area contributed by atoms with Crippen LogP contribution in [0.3, 0.4) is 0 Å². The van der Waals surface area contributed by atoms with Gasteiger partial charge >= 0.3 is 5.97 Å². The number of benzene rings is 2. The zero-order valence-corrected chi connectivity index (χ0v) is 18.8. The van der Waals surface area contributed by atoms with E-state index in [2.05, 4.69) is 5.32 Å². The first-order valence-corrected chi connectivity index (χ1v) is 11.3. The fourth-order valence-electron chi connectivity index (χ4n) is 4.38. The second-order valence-corrected chi connectivity index (χ2v) is 8.69. The van der Waals surface area contributed by atoms with Crippen LogP contribution in [0.25, 0.3) is 0 Å². The summed E-state index contributed by atoms with van der Waals surface area (Å²) in [7, 11) is 0. The second kappa shape index (κ2) is 10.2. The van der Waals surface area contributed by atoms with Crippen molar-refractivity contribution in [2.24, 2.45) is 5.92 Å². The van der Waals surface area contributed by atoms with E-state index in [-0.39, 0.29) is 17.9 Å². The molecule has 2 N–H and O–H groups in total. The molecule has 5 nitrogen and oxygen atoms in total. The number of ether oxygens (including phenoxy) is 1.